The fourth-order valence-corrected chi connectivity index (χ4v) is 3.48. The van der Waals surface area contributed by atoms with Gasteiger partial charge in [-0.3, -0.25) is 14.9 Å². The van der Waals surface area contributed by atoms with Crippen LogP contribution in [-0.2, 0) is 29.9 Å². The largest absolute Gasteiger partial charge is 0.383 e. The number of benzene rings is 1. The topological polar surface area (TPSA) is 41.0 Å². The Bertz CT molecular complexity index is 859. The summed E-state index contributed by atoms with van der Waals surface area (Å²) in [6, 6.07) is 18.9. The Morgan fingerprint density at radius 1 is 0.724 bits per heavy atom. The molecule has 3 rings (SSSR count). The summed E-state index contributed by atoms with van der Waals surface area (Å²) in [7, 11) is 0. The maximum absolute atomic E-state index is 4.68. The molecule has 0 fully saturated rings. The summed E-state index contributed by atoms with van der Waals surface area (Å²) in [6.45, 7) is 11.8. The van der Waals surface area contributed by atoms with Crippen LogP contribution in [0.3, 0.4) is 0 Å². The van der Waals surface area contributed by atoms with Crippen molar-refractivity contribution in [2.24, 2.45) is 0 Å². The van der Waals surface area contributed by atoms with E-state index in [0.29, 0.717) is 0 Å². The first kappa shape index (κ1) is 23.1. The first-order valence-electron chi connectivity index (χ1n) is 9.89. The Balaban J connectivity index is 0.00000300. The molecule has 29 heavy (non-hydrogen) atoms. The number of anilines is 1. The van der Waals surface area contributed by atoms with Crippen LogP contribution in [0.5, 0.6) is 0 Å². The molecule has 0 aliphatic carbocycles. The van der Waals surface area contributed by atoms with Crippen LogP contribution >= 0.6 is 0 Å². The number of aryl methyl sites for hydroxylation is 4. The van der Waals surface area contributed by atoms with Crippen molar-refractivity contribution < 1.29 is 16.8 Å². The Morgan fingerprint density at radius 2 is 1.21 bits per heavy atom. The first-order chi connectivity index (χ1) is 13.5. The molecule has 155 valence electrons. The summed E-state index contributed by atoms with van der Waals surface area (Å²) in [5.41, 5.74) is 8.11. The van der Waals surface area contributed by atoms with Crippen molar-refractivity contribution in [2.45, 2.75) is 40.8 Å². The molecule has 0 saturated carbocycles. The zero-order valence-electron chi connectivity index (χ0n) is 17.7. The molecule has 1 aromatic carbocycles. The quantitative estimate of drug-likeness (QED) is 0.553. The average Bonchev–Trinajstić information content (AvgIpc) is 2.64. The van der Waals surface area contributed by atoms with E-state index in [1.165, 1.54) is 16.8 Å². The fourth-order valence-electron chi connectivity index (χ4n) is 3.48. The van der Waals surface area contributed by atoms with E-state index in [-0.39, 0.29) is 16.8 Å². The van der Waals surface area contributed by atoms with Gasteiger partial charge in [-0.1, -0.05) is 30.3 Å². The molecule has 1 N–H and O–H groups in total. The Labute approximate surface area is 185 Å². The summed E-state index contributed by atoms with van der Waals surface area (Å²) in [5.74, 6) is 0. The molecule has 0 amide bonds. The molecule has 0 aliphatic heterocycles. The minimum atomic E-state index is 0. The smallest absolute Gasteiger partial charge is 0.0547 e. The van der Waals surface area contributed by atoms with Crippen LogP contribution in [0.1, 0.15) is 33.9 Å². The van der Waals surface area contributed by atoms with Gasteiger partial charge in [-0.05, 0) is 63.1 Å². The number of para-hydroxylation sites is 1. The van der Waals surface area contributed by atoms with Gasteiger partial charge >= 0.3 is 0 Å². The van der Waals surface area contributed by atoms with Gasteiger partial charge in [0.1, 0.15) is 0 Å². The molecule has 2 aromatic heterocycles. The monoisotopic (exact) mass is 433 g/mol. The molecule has 3 aromatic rings. The minimum absolute atomic E-state index is 0. The molecule has 4 nitrogen and oxygen atoms in total. The molecule has 0 bridgehead atoms. The molecular weight excluding hydrogens is 403 g/mol. The second-order valence-electron chi connectivity index (χ2n) is 7.44. The maximum atomic E-state index is 4.68. The van der Waals surface area contributed by atoms with Crippen LogP contribution in [0.2, 0.25) is 0 Å². The number of hydrogen-bond donors (Lipinski definition) is 1. The van der Waals surface area contributed by atoms with Crippen LogP contribution in [0, 0.1) is 27.7 Å². The predicted molar refractivity (Wildman–Crippen MR) is 116 cm³/mol. The van der Waals surface area contributed by atoms with Crippen LogP contribution in [-0.4, -0.2) is 28.0 Å². The molecule has 1 radical (unpaired) electrons. The zero-order chi connectivity index (χ0) is 19.9. The van der Waals surface area contributed by atoms with Crippen molar-refractivity contribution in [1.82, 2.24) is 14.9 Å². The van der Waals surface area contributed by atoms with Crippen molar-refractivity contribution in [3.8, 4) is 0 Å². The van der Waals surface area contributed by atoms with Gasteiger partial charge in [-0.25, -0.2) is 0 Å². The molecule has 0 spiro atoms. The third kappa shape index (κ3) is 6.96. The van der Waals surface area contributed by atoms with Gasteiger partial charge < -0.3 is 5.32 Å². The van der Waals surface area contributed by atoms with Crippen molar-refractivity contribution in [3.05, 3.63) is 88.5 Å². The Kier molecular flexibility index (Phi) is 8.83. The number of nitrogens with one attached hydrogen (secondary N) is 1. The van der Waals surface area contributed by atoms with E-state index in [9.17, 15) is 0 Å². The van der Waals surface area contributed by atoms with Gasteiger partial charge in [0.15, 0.2) is 0 Å². The van der Waals surface area contributed by atoms with Crippen LogP contribution in [0.4, 0.5) is 5.69 Å². The fraction of sp³-hybridized carbons (Fsp3) is 0.333. The van der Waals surface area contributed by atoms with E-state index < -0.39 is 0 Å². The summed E-state index contributed by atoms with van der Waals surface area (Å²) in [4.78, 5) is 11.8. The van der Waals surface area contributed by atoms with Gasteiger partial charge in [0, 0.05) is 60.0 Å². The number of hydrogen-bond acceptors (Lipinski definition) is 4. The zero-order valence-corrected chi connectivity index (χ0v) is 18.7. The van der Waals surface area contributed by atoms with E-state index in [1.54, 1.807) is 0 Å². The van der Waals surface area contributed by atoms with E-state index >= 15 is 0 Å². The van der Waals surface area contributed by atoms with Crippen LogP contribution < -0.4 is 5.32 Å². The molecule has 0 saturated heterocycles. The average molecular weight is 433 g/mol. The molecule has 2 heterocycles. The SMILES string of the molecule is Cc1cccc(CN(CCNc2c(C)cccc2C)Cc2cccc(C)n2)n1.[Co]. The Hall–Kier alpha value is -2.21. The van der Waals surface area contributed by atoms with Crippen LogP contribution in [0.25, 0.3) is 0 Å². The van der Waals surface area contributed by atoms with Crippen LogP contribution in [0.15, 0.2) is 54.6 Å². The summed E-state index contributed by atoms with van der Waals surface area (Å²) >= 11 is 0. The summed E-state index contributed by atoms with van der Waals surface area (Å²) < 4.78 is 0. The van der Waals surface area contributed by atoms with E-state index in [0.717, 1.165) is 49.0 Å². The first-order valence-corrected chi connectivity index (χ1v) is 9.89. The van der Waals surface area contributed by atoms with Gasteiger partial charge in [-0.2, -0.15) is 0 Å². The molecular formula is C24H30CoN4. The predicted octanol–water partition coefficient (Wildman–Crippen LogP) is 4.82. The van der Waals surface area contributed by atoms with Crippen molar-refractivity contribution in [3.63, 3.8) is 0 Å². The maximum Gasteiger partial charge on any atom is 0.0547 e. The van der Waals surface area contributed by atoms with Crippen molar-refractivity contribution >= 4 is 5.69 Å². The summed E-state index contributed by atoms with van der Waals surface area (Å²) in [5, 5.41) is 3.62. The second-order valence-corrected chi connectivity index (χ2v) is 7.44. The third-order valence-electron chi connectivity index (χ3n) is 4.87. The molecule has 0 atom stereocenters. The van der Waals surface area contributed by atoms with Crippen molar-refractivity contribution in [1.29, 1.82) is 0 Å². The number of rotatable bonds is 8. The van der Waals surface area contributed by atoms with Gasteiger partial charge in [0.05, 0.1) is 11.4 Å². The Morgan fingerprint density at radius 3 is 1.69 bits per heavy atom. The molecule has 0 unspecified atom stereocenters. The number of nitrogens with zero attached hydrogens (tertiary/aromatic N) is 3. The third-order valence-corrected chi connectivity index (χ3v) is 4.87. The van der Waals surface area contributed by atoms with E-state index in [2.05, 4.69) is 76.5 Å². The molecule has 0 aliphatic rings. The van der Waals surface area contributed by atoms with Gasteiger partial charge in [0.25, 0.3) is 0 Å². The van der Waals surface area contributed by atoms with E-state index in [1.807, 2.05) is 26.0 Å². The second kappa shape index (κ2) is 11.1. The van der Waals surface area contributed by atoms with E-state index in [4.69, 9.17) is 0 Å². The number of pyridine rings is 2. The number of aromatic nitrogens is 2. The molecule has 5 heteroatoms. The van der Waals surface area contributed by atoms with Gasteiger partial charge in [0.2, 0.25) is 0 Å². The standard InChI is InChI=1S/C24H30N4.Co/c1-18-8-5-9-19(2)24(18)25-14-15-28(16-22-12-6-10-20(3)26-22)17-23-13-7-11-21(4)27-23;/h5-13,25H,14-17H2,1-4H3;. The van der Waals surface area contributed by atoms with Gasteiger partial charge in [-0.15, -0.1) is 0 Å². The summed E-state index contributed by atoms with van der Waals surface area (Å²) in [6.07, 6.45) is 0. The minimum Gasteiger partial charge on any atom is -0.383 e. The normalized spacial score (nSPS) is 10.7. The van der Waals surface area contributed by atoms with Crippen molar-refractivity contribution in [2.75, 3.05) is 18.4 Å².